The third-order valence-corrected chi connectivity index (χ3v) is 8.39. The Hall–Kier alpha value is -4.62. The van der Waals surface area contributed by atoms with Gasteiger partial charge in [0.25, 0.3) is 0 Å². The number of anilines is 2. The van der Waals surface area contributed by atoms with Crippen LogP contribution in [0.5, 0.6) is 11.5 Å². The highest BCUT2D eigenvalue weighted by atomic mass is 16.5. The summed E-state index contributed by atoms with van der Waals surface area (Å²) in [5, 5.41) is 8.42. The molecule has 0 spiro atoms. The minimum atomic E-state index is 0.389. The van der Waals surface area contributed by atoms with Gasteiger partial charge in [-0.25, -0.2) is 4.98 Å². The maximum Gasteiger partial charge on any atom is 0.225 e. The molecule has 0 bridgehead atoms. The molecule has 1 aromatic heterocycles. The quantitative estimate of drug-likeness (QED) is 0.144. The number of nitrogens with one attached hydrogen (secondary N) is 2. The van der Waals surface area contributed by atoms with E-state index in [1.54, 1.807) is 0 Å². The Morgan fingerprint density at radius 1 is 0.689 bits per heavy atom. The van der Waals surface area contributed by atoms with Crippen LogP contribution < -0.4 is 25.0 Å². The van der Waals surface area contributed by atoms with Crippen molar-refractivity contribution in [2.75, 3.05) is 30.9 Å². The fourth-order valence-corrected chi connectivity index (χ4v) is 5.96. The number of nitrogens with zero attached hydrogens (tertiary/aromatic N) is 3. The topological polar surface area (TPSA) is 71.5 Å². The van der Waals surface area contributed by atoms with Crippen LogP contribution in [-0.4, -0.2) is 36.6 Å². The van der Waals surface area contributed by atoms with Crippen LogP contribution in [0.1, 0.15) is 42.4 Å². The lowest BCUT2D eigenvalue weighted by Gasteiger charge is -2.29. The molecule has 0 radical (unpaired) electrons. The molecule has 1 saturated carbocycles. The molecule has 2 N–H and O–H groups in total. The molecule has 1 aliphatic rings. The van der Waals surface area contributed by atoms with Crippen molar-refractivity contribution < 1.29 is 9.47 Å². The van der Waals surface area contributed by atoms with Crippen LogP contribution in [0.15, 0.2) is 103 Å². The summed E-state index contributed by atoms with van der Waals surface area (Å²) in [6, 6.07) is 35.4. The zero-order valence-electron chi connectivity index (χ0n) is 26.3. The van der Waals surface area contributed by atoms with Gasteiger partial charge in [0.2, 0.25) is 5.95 Å². The van der Waals surface area contributed by atoms with Gasteiger partial charge in [-0.3, -0.25) is 0 Å². The van der Waals surface area contributed by atoms with Crippen molar-refractivity contribution >= 4 is 22.7 Å². The fraction of sp³-hybridized carbons (Fsp3) is 0.316. The van der Waals surface area contributed by atoms with Crippen molar-refractivity contribution in [2.24, 2.45) is 5.92 Å². The zero-order chi connectivity index (χ0) is 30.8. The van der Waals surface area contributed by atoms with E-state index in [0.717, 1.165) is 76.8 Å². The molecule has 7 heteroatoms. The lowest BCUT2D eigenvalue weighted by atomic mass is 9.86. The highest BCUT2D eigenvalue weighted by molar-refractivity contribution is 5.90. The molecule has 1 aliphatic carbocycles. The maximum atomic E-state index is 6.20. The summed E-state index contributed by atoms with van der Waals surface area (Å²) >= 11 is 0. The Morgan fingerprint density at radius 2 is 1.29 bits per heavy atom. The Balaban J connectivity index is 1.02. The van der Waals surface area contributed by atoms with Crippen LogP contribution in [0.25, 0.3) is 10.9 Å². The molecule has 6 rings (SSSR count). The van der Waals surface area contributed by atoms with Gasteiger partial charge < -0.3 is 25.0 Å². The average Bonchev–Trinajstić information content (AvgIpc) is 3.08. The number of aromatic nitrogens is 2. The molecular formula is C38H43N5O2. The standard InChI is InChI=1S/C38H43N5O2/c1-43(2)37-35-15-9-10-16-36(35)41-38(42-37)40-32-19-17-28(18-20-32)24-39-25-31-21-33(44-26-29-11-5-3-6-12-29)23-34(22-31)45-27-30-13-7-4-8-14-30/h3-16,21-23,28,32,39H,17-20,24-27H2,1-2H3,(H,40,41,42)/t28-,32+. The number of fused-ring (bicyclic) bond motifs is 1. The minimum Gasteiger partial charge on any atom is -0.489 e. The average molecular weight is 602 g/mol. The van der Waals surface area contributed by atoms with Crippen molar-refractivity contribution in [1.29, 1.82) is 0 Å². The first-order valence-electron chi connectivity index (χ1n) is 16.0. The first kappa shape index (κ1) is 30.4. The van der Waals surface area contributed by atoms with Gasteiger partial charge in [-0.15, -0.1) is 0 Å². The molecule has 232 valence electrons. The van der Waals surface area contributed by atoms with Gasteiger partial charge in [0, 0.05) is 38.1 Å². The Labute approximate surface area is 266 Å². The minimum absolute atomic E-state index is 0.389. The van der Waals surface area contributed by atoms with Crippen LogP contribution in [0, 0.1) is 5.92 Å². The van der Waals surface area contributed by atoms with E-state index in [4.69, 9.17) is 19.4 Å². The summed E-state index contributed by atoms with van der Waals surface area (Å²) in [7, 11) is 4.06. The number of benzene rings is 4. The van der Waals surface area contributed by atoms with E-state index in [-0.39, 0.29) is 0 Å². The van der Waals surface area contributed by atoms with Gasteiger partial charge in [-0.2, -0.15) is 4.98 Å². The van der Waals surface area contributed by atoms with E-state index in [9.17, 15) is 0 Å². The molecule has 5 aromatic rings. The molecule has 45 heavy (non-hydrogen) atoms. The van der Waals surface area contributed by atoms with Crippen LogP contribution in [0.4, 0.5) is 11.8 Å². The lowest BCUT2D eigenvalue weighted by molar-refractivity contribution is 0.289. The smallest absolute Gasteiger partial charge is 0.225 e. The van der Waals surface area contributed by atoms with Crippen molar-refractivity contribution in [2.45, 2.75) is 51.5 Å². The van der Waals surface area contributed by atoms with Crippen LogP contribution in [-0.2, 0) is 19.8 Å². The third-order valence-electron chi connectivity index (χ3n) is 8.39. The summed E-state index contributed by atoms with van der Waals surface area (Å²) in [6.07, 6.45) is 4.56. The van der Waals surface area contributed by atoms with E-state index in [1.807, 2.05) is 68.7 Å². The van der Waals surface area contributed by atoms with E-state index in [2.05, 4.69) is 64.1 Å². The van der Waals surface area contributed by atoms with Gasteiger partial charge in [0.05, 0.1) is 5.52 Å². The fourth-order valence-electron chi connectivity index (χ4n) is 5.96. The van der Waals surface area contributed by atoms with Crippen LogP contribution in [0.2, 0.25) is 0 Å². The van der Waals surface area contributed by atoms with Crippen LogP contribution in [0.3, 0.4) is 0 Å². The Morgan fingerprint density at radius 3 is 1.91 bits per heavy atom. The molecule has 0 saturated heterocycles. The van der Waals surface area contributed by atoms with E-state index >= 15 is 0 Å². The molecule has 0 unspecified atom stereocenters. The second-order valence-electron chi connectivity index (χ2n) is 12.1. The maximum absolute atomic E-state index is 6.20. The van der Waals surface area contributed by atoms with E-state index < -0.39 is 0 Å². The van der Waals surface area contributed by atoms with Crippen LogP contribution >= 0.6 is 0 Å². The molecule has 0 atom stereocenters. The van der Waals surface area contributed by atoms with Crippen molar-refractivity contribution in [3.8, 4) is 11.5 Å². The monoisotopic (exact) mass is 601 g/mol. The highest BCUT2D eigenvalue weighted by Gasteiger charge is 2.22. The largest absolute Gasteiger partial charge is 0.489 e. The Kier molecular flexibility index (Phi) is 10.1. The molecule has 1 heterocycles. The van der Waals surface area contributed by atoms with Gasteiger partial charge in [0.15, 0.2) is 0 Å². The second kappa shape index (κ2) is 14.9. The summed E-state index contributed by atoms with van der Waals surface area (Å²) in [6.45, 7) is 2.79. The van der Waals surface area contributed by atoms with Crippen molar-refractivity contribution in [3.63, 3.8) is 0 Å². The number of ether oxygens (including phenoxy) is 2. The molecule has 7 nitrogen and oxygen atoms in total. The normalized spacial score (nSPS) is 16.3. The number of hydrogen-bond acceptors (Lipinski definition) is 7. The summed E-state index contributed by atoms with van der Waals surface area (Å²) in [5.41, 5.74) is 4.41. The van der Waals surface area contributed by atoms with Crippen molar-refractivity contribution in [3.05, 3.63) is 120 Å². The summed E-state index contributed by atoms with van der Waals surface area (Å²) in [5.74, 6) is 3.95. The summed E-state index contributed by atoms with van der Waals surface area (Å²) in [4.78, 5) is 11.7. The number of hydrogen-bond donors (Lipinski definition) is 2. The first-order chi connectivity index (χ1) is 22.1. The molecule has 0 amide bonds. The molecular weight excluding hydrogens is 558 g/mol. The SMILES string of the molecule is CN(C)c1nc(N[C@H]2CC[C@@H](CNCc3cc(OCc4ccccc4)cc(OCc4ccccc4)c3)CC2)nc2ccccc12. The predicted molar refractivity (Wildman–Crippen MR) is 183 cm³/mol. The first-order valence-corrected chi connectivity index (χ1v) is 16.0. The molecule has 1 fully saturated rings. The second-order valence-corrected chi connectivity index (χ2v) is 12.1. The predicted octanol–water partition coefficient (Wildman–Crippen LogP) is 7.61. The van der Waals surface area contributed by atoms with Crippen molar-refractivity contribution in [1.82, 2.24) is 15.3 Å². The molecule has 4 aromatic carbocycles. The van der Waals surface area contributed by atoms with E-state index in [1.165, 1.54) is 12.8 Å². The van der Waals surface area contributed by atoms with Gasteiger partial charge in [-0.1, -0.05) is 72.8 Å². The van der Waals surface area contributed by atoms with Gasteiger partial charge >= 0.3 is 0 Å². The Bertz CT molecular complexity index is 1590. The third kappa shape index (κ3) is 8.52. The zero-order valence-corrected chi connectivity index (χ0v) is 26.3. The van der Waals surface area contributed by atoms with E-state index in [0.29, 0.717) is 25.2 Å². The summed E-state index contributed by atoms with van der Waals surface area (Å²) < 4.78 is 12.4. The van der Waals surface area contributed by atoms with Gasteiger partial charge in [0.1, 0.15) is 30.5 Å². The lowest BCUT2D eigenvalue weighted by Crippen LogP contribution is -2.31. The number of para-hydroxylation sites is 1. The molecule has 0 aliphatic heterocycles. The number of rotatable bonds is 13. The highest BCUT2D eigenvalue weighted by Crippen LogP contribution is 2.29. The van der Waals surface area contributed by atoms with Gasteiger partial charge in [-0.05, 0) is 79.1 Å².